The number of carbonyl (C=O) groups is 2. The predicted molar refractivity (Wildman–Crippen MR) is 82.7 cm³/mol. The number of hydrogen-bond donors (Lipinski definition) is 1. The number of methoxy groups -OCH3 is 1. The molecular weight excluding hydrogens is 282 g/mol. The SMILES string of the molecule is COCc1cccc(C(=O)N(C)C2(C(=O)O)CCCCC2)c1. The van der Waals surface area contributed by atoms with Crippen molar-refractivity contribution in [3.63, 3.8) is 0 Å². The maximum absolute atomic E-state index is 12.7. The van der Waals surface area contributed by atoms with Crippen LogP contribution in [0.3, 0.4) is 0 Å². The lowest BCUT2D eigenvalue weighted by Gasteiger charge is -2.41. The molecule has 0 unspecified atom stereocenters. The third-order valence-electron chi connectivity index (χ3n) is 4.51. The highest BCUT2D eigenvalue weighted by molar-refractivity contribution is 5.97. The molecule has 0 aliphatic heterocycles. The molecule has 1 saturated carbocycles. The van der Waals surface area contributed by atoms with Gasteiger partial charge >= 0.3 is 5.97 Å². The van der Waals surface area contributed by atoms with E-state index in [0.717, 1.165) is 24.8 Å². The Labute approximate surface area is 130 Å². The number of hydrogen-bond acceptors (Lipinski definition) is 3. The minimum absolute atomic E-state index is 0.248. The van der Waals surface area contributed by atoms with Gasteiger partial charge < -0.3 is 14.7 Å². The van der Waals surface area contributed by atoms with E-state index in [1.165, 1.54) is 4.90 Å². The Kier molecular flexibility index (Phi) is 5.19. The van der Waals surface area contributed by atoms with Gasteiger partial charge in [-0.15, -0.1) is 0 Å². The first-order valence-corrected chi connectivity index (χ1v) is 7.61. The molecule has 1 amide bonds. The van der Waals surface area contributed by atoms with Crippen molar-refractivity contribution in [2.45, 2.75) is 44.2 Å². The summed E-state index contributed by atoms with van der Waals surface area (Å²) in [5, 5.41) is 9.68. The third kappa shape index (κ3) is 3.14. The van der Waals surface area contributed by atoms with Crippen LogP contribution < -0.4 is 0 Å². The molecule has 120 valence electrons. The minimum Gasteiger partial charge on any atom is -0.479 e. The molecule has 0 saturated heterocycles. The van der Waals surface area contributed by atoms with Crippen molar-refractivity contribution in [1.82, 2.24) is 4.90 Å². The van der Waals surface area contributed by atoms with Gasteiger partial charge in [0, 0.05) is 19.7 Å². The second-order valence-electron chi connectivity index (χ2n) is 5.89. The van der Waals surface area contributed by atoms with E-state index in [0.29, 0.717) is 25.0 Å². The Morgan fingerprint density at radius 3 is 2.55 bits per heavy atom. The molecular formula is C17H23NO4. The van der Waals surface area contributed by atoms with E-state index >= 15 is 0 Å². The molecule has 0 atom stereocenters. The molecule has 0 heterocycles. The van der Waals surface area contributed by atoms with Gasteiger partial charge in [-0.1, -0.05) is 31.4 Å². The van der Waals surface area contributed by atoms with Gasteiger partial charge in [0.2, 0.25) is 0 Å². The number of carboxylic acid groups (broad SMARTS) is 1. The Morgan fingerprint density at radius 1 is 1.27 bits per heavy atom. The lowest BCUT2D eigenvalue weighted by Crippen LogP contribution is -2.56. The van der Waals surface area contributed by atoms with E-state index < -0.39 is 11.5 Å². The van der Waals surface area contributed by atoms with Gasteiger partial charge in [-0.25, -0.2) is 4.79 Å². The Morgan fingerprint density at radius 2 is 1.95 bits per heavy atom. The first-order chi connectivity index (χ1) is 10.5. The first kappa shape index (κ1) is 16.5. The topological polar surface area (TPSA) is 66.8 Å². The van der Waals surface area contributed by atoms with Gasteiger partial charge in [0.05, 0.1) is 6.61 Å². The molecule has 22 heavy (non-hydrogen) atoms. The summed E-state index contributed by atoms with van der Waals surface area (Å²) in [6, 6.07) is 7.16. The molecule has 0 spiro atoms. The van der Waals surface area contributed by atoms with Crippen molar-refractivity contribution in [2.24, 2.45) is 0 Å². The van der Waals surface area contributed by atoms with Gasteiger partial charge in [-0.2, -0.15) is 0 Å². The van der Waals surface area contributed by atoms with Gasteiger partial charge in [0.25, 0.3) is 5.91 Å². The molecule has 1 aromatic carbocycles. The number of carbonyl (C=O) groups excluding carboxylic acids is 1. The number of carboxylic acids is 1. The number of benzene rings is 1. The molecule has 1 aromatic rings. The lowest BCUT2D eigenvalue weighted by molar-refractivity contribution is -0.151. The zero-order valence-electron chi connectivity index (χ0n) is 13.2. The molecule has 2 rings (SSSR count). The van der Waals surface area contributed by atoms with E-state index in [2.05, 4.69) is 0 Å². The smallest absolute Gasteiger partial charge is 0.329 e. The fraction of sp³-hybridized carbons (Fsp3) is 0.529. The Hall–Kier alpha value is -1.88. The predicted octanol–water partition coefficient (Wildman–Crippen LogP) is 2.69. The number of nitrogens with zero attached hydrogens (tertiary/aromatic N) is 1. The van der Waals surface area contributed by atoms with Crippen LogP contribution in [0.15, 0.2) is 24.3 Å². The number of likely N-dealkylation sites (N-methyl/N-ethyl adjacent to an activating group) is 1. The van der Waals surface area contributed by atoms with Crippen molar-refractivity contribution in [3.8, 4) is 0 Å². The van der Waals surface area contributed by atoms with Crippen molar-refractivity contribution in [1.29, 1.82) is 0 Å². The van der Waals surface area contributed by atoms with Crippen molar-refractivity contribution in [2.75, 3.05) is 14.2 Å². The van der Waals surface area contributed by atoms with Gasteiger partial charge in [0.15, 0.2) is 0 Å². The number of aliphatic carboxylic acids is 1. The summed E-state index contributed by atoms with van der Waals surface area (Å²) in [4.78, 5) is 26.0. The number of amides is 1. The standard InChI is InChI=1S/C17H23NO4/c1-18(17(16(20)21)9-4-3-5-10-17)15(19)14-8-6-7-13(11-14)12-22-2/h6-8,11H,3-5,9-10,12H2,1-2H3,(H,20,21). The summed E-state index contributed by atoms with van der Waals surface area (Å²) in [5.41, 5.74) is 0.324. The first-order valence-electron chi connectivity index (χ1n) is 7.61. The highest BCUT2D eigenvalue weighted by Crippen LogP contribution is 2.34. The zero-order chi connectivity index (χ0) is 16.2. The van der Waals surface area contributed by atoms with Crippen LogP contribution in [0.1, 0.15) is 48.0 Å². The van der Waals surface area contributed by atoms with Crippen LogP contribution in [0.5, 0.6) is 0 Å². The summed E-state index contributed by atoms with van der Waals surface area (Å²) in [7, 11) is 3.20. The molecule has 1 aliphatic carbocycles. The van der Waals surface area contributed by atoms with E-state index in [9.17, 15) is 14.7 Å². The fourth-order valence-electron chi connectivity index (χ4n) is 3.18. The lowest BCUT2D eigenvalue weighted by atomic mass is 9.80. The van der Waals surface area contributed by atoms with E-state index in [1.807, 2.05) is 6.07 Å². The quantitative estimate of drug-likeness (QED) is 0.908. The van der Waals surface area contributed by atoms with Crippen molar-refractivity contribution >= 4 is 11.9 Å². The number of ether oxygens (including phenoxy) is 1. The molecule has 1 N–H and O–H groups in total. The molecule has 5 nitrogen and oxygen atoms in total. The van der Waals surface area contributed by atoms with Crippen LogP contribution in [0, 0.1) is 0 Å². The number of rotatable bonds is 5. The summed E-state index contributed by atoms with van der Waals surface area (Å²) in [6.45, 7) is 0.426. The summed E-state index contributed by atoms with van der Waals surface area (Å²) in [5.74, 6) is -1.15. The van der Waals surface area contributed by atoms with Crippen molar-refractivity contribution in [3.05, 3.63) is 35.4 Å². The van der Waals surface area contributed by atoms with Crippen LogP contribution in [0.4, 0.5) is 0 Å². The molecule has 0 radical (unpaired) electrons. The average Bonchev–Trinajstić information content (AvgIpc) is 2.54. The summed E-state index contributed by atoms with van der Waals surface area (Å²) in [6.07, 6.45) is 3.74. The fourth-order valence-corrected chi connectivity index (χ4v) is 3.18. The minimum atomic E-state index is -1.08. The second kappa shape index (κ2) is 6.92. The molecule has 0 aromatic heterocycles. The van der Waals surface area contributed by atoms with Crippen LogP contribution >= 0.6 is 0 Å². The maximum atomic E-state index is 12.7. The van der Waals surface area contributed by atoms with E-state index in [1.54, 1.807) is 32.4 Å². The normalized spacial score (nSPS) is 17.0. The van der Waals surface area contributed by atoms with Crippen LogP contribution in [0.2, 0.25) is 0 Å². The van der Waals surface area contributed by atoms with Crippen molar-refractivity contribution < 1.29 is 19.4 Å². The molecule has 1 aliphatic rings. The van der Waals surface area contributed by atoms with Crippen LogP contribution in [0.25, 0.3) is 0 Å². The monoisotopic (exact) mass is 305 g/mol. The molecule has 5 heteroatoms. The Bertz CT molecular complexity index is 549. The molecule has 1 fully saturated rings. The second-order valence-corrected chi connectivity index (χ2v) is 5.89. The van der Waals surface area contributed by atoms with Gasteiger partial charge in [-0.3, -0.25) is 4.79 Å². The van der Waals surface area contributed by atoms with Gasteiger partial charge in [0.1, 0.15) is 5.54 Å². The zero-order valence-corrected chi connectivity index (χ0v) is 13.2. The molecule has 0 bridgehead atoms. The summed E-state index contributed by atoms with van der Waals surface area (Å²) < 4.78 is 5.08. The van der Waals surface area contributed by atoms with Crippen LogP contribution in [-0.4, -0.2) is 41.6 Å². The third-order valence-corrected chi connectivity index (χ3v) is 4.51. The van der Waals surface area contributed by atoms with Gasteiger partial charge in [-0.05, 0) is 30.5 Å². The van der Waals surface area contributed by atoms with Crippen LogP contribution in [-0.2, 0) is 16.1 Å². The summed E-state index contributed by atoms with van der Waals surface area (Å²) >= 11 is 0. The van der Waals surface area contributed by atoms with E-state index in [4.69, 9.17) is 4.74 Å². The maximum Gasteiger partial charge on any atom is 0.329 e. The van der Waals surface area contributed by atoms with E-state index in [-0.39, 0.29) is 5.91 Å². The highest BCUT2D eigenvalue weighted by atomic mass is 16.5. The largest absolute Gasteiger partial charge is 0.479 e. The Balaban J connectivity index is 2.26. The highest BCUT2D eigenvalue weighted by Gasteiger charge is 2.45. The average molecular weight is 305 g/mol.